The van der Waals surface area contributed by atoms with Gasteiger partial charge in [0.25, 0.3) is 0 Å². The minimum atomic E-state index is 0.544. The van der Waals surface area contributed by atoms with Crippen molar-refractivity contribution in [2.45, 2.75) is 50.4 Å². The van der Waals surface area contributed by atoms with E-state index in [1.165, 1.54) is 45.7 Å². The van der Waals surface area contributed by atoms with E-state index in [4.69, 9.17) is 4.98 Å². The first-order chi connectivity index (χ1) is 9.24. The molecular formula is C14H22N2S3. The summed E-state index contributed by atoms with van der Waals surface area (Å²) in [5.41, 5.74) is 1.34. The van der Waals surface area contributed by atoms with Gasteiger partial charge in [-0.15, -0.1) is 23.1 Å². The van der Waals surface area contributed by atoms with E-state index in [1.54, 1.807) is 0 Å². The second-order valence-corrected chi connectivity index (χ2v) is 9.18. The van der Waals surface area contributed by atoms with Crippen LogP contribution in [-0.4, -0.2) is 28.3 Å². The second kappa shape index (κ2) is 6.37. The first-order valence-corrected chi connectivity index (χ1v) is 10.2. The fourth-order valence-electron chi connectivity index (χ4n) is 2.25. The summed E-state index contributed by atoms with van der Waals surface area (Å²) < 4.78 is 0. The van der Waals surface area contributed by atoms with Gasteiger partial charge in [-0.1, -0.05) is 13.8 Å². The number of nitrogens with one attached hydrogen (secondary N) is 1. The molecular weight excluding hydrogens is 292 g/mol. The monoisotopic (exact) mass is 314 g/mol. The Balaban J connectivity index is 1.74. The number of hydrogen-bond acceptors (Lipinski definition) is 5. The number of thioether (sulfide) groups is 2. The van der Waals surface area contributed by atoms with Gasteiger partial charge in [-0.25, -0.2) is 4.98 Å². The summed E-state index contributed by atoms with van der Waals surface area (Å²) in [6.45, 7) is 5.56. The molecule has 0 radical (unpaired) electrons. The highest BCUT2D eigenvalue weighted by Gasteiger charge is 2.25. The zero-order valence-electron chi connectivity index (χ0n) is 11.6. The Bertz CT molecular complexity index is 420. The van der Waals surface area contributed by atoms with Gasteiger partial charge in [0.1, 0.15) is 5.01 Å². The molecule has 1 aromatic rings. The molecule has 0 bridgehead atoms. The lowest BCUT2D eigenvalue weighted by molar-refractivity contribution is 0.680. The van der Waals surface area contributed by atoms with E-state index in [0.717, 1.165) is 12.6 Å². The fraction of sp³-hybridized carbons (Fsp3) is 0.786. The van der Waals surface area contributed by atoms with Gasteiger partial charge in [0.05, 0.1) is 10.9 Å². The molecule has 1 atom stereocenters. The van der Waals surface area contributed by atoms with Crippen LogP contribution in [-0.2, 0) is 6.54 Å². The van der Waals surface area contributed by atoms with Gasteiger partial charge in [0, 0.05) is 34.7 Å². The lowest BCUT2D eigenvalue weighted by Crippen LogP contribution is -2.15. The topological polar surface area (TPSA) is 24.9 Å². The Morgan fingerprint density at radius 1 is 1.32 bits per heavy atom. The summed E-state index contributed by atoms with van der Waals surface area (Å²) >= 11 is 6.13. The maximum Gasteiger partial charge on any atom is 0.107 e. The molecule has 19 heavy (non-hydrogen) atoms. The van der Waals surface area contributed by atoms with Crippen LogP contribution in [0.25, 0.3) is 0 Å². The number of hydrogen-bond donors (Lipinski definition) is 1. The predicted molar refractivity (Wildman–Crippen MR) is 88.6 cm³/mol. The number of thiazole rings is 1. The summed E-state index contributed by atoms with van der Waals surface area (Å²) in [7, 11) is 0. The molecule has 1 saturated heterocycles. The highest BCUT2D eigenvalue weighted by Crippen LogP contribution is 2.40. The quantitative estimate of drug-likeness (QED) is 0.886. The maximum atomic E-state index is 4.98. The van der Waals surface area contributed by atoms with E-state index in [1.807, 2.05) is 11.3 Å². The zero-order chi connectivity index (χ0) is 13.2. The molecule has 0 spiro atoms. The fourth-order valence-corrected chi connectivity index (χ4v) is 6.41. The van der Waals surface area contributed by atoms with Gasteiger partial charge < -0.3 is 5.32 Å². The van der Waals surface area contributed by atoms with E-state index in [0.29, 0.717) is 11.2 Å². The van der Waals surface area contributed by atoms with Crippen LogP contribution in [0.5, 0.6) is 0 Å². The number of nitrogens with zero attached hydrogens (tertiary/aromatic N) is 1. The van der Waals surface area contributed by atoms with Crippen molar-refractivity contribution in [1.82, 2.24) is 10.3 Å². The Morgan fingerprint density at radius 2 is 2.16 bits per heavy atom. The molecule has 2 nitrogen and oxygen atoms in total. The molecule has 1 aliphatic carbocycles. The average molecular weight is 315 g/mol. The molecule has 1 N–H and O–H groups in total. The largest absolute Gasteiger partial charge is 0.309 e. The summed E-state index contributed by atoms with van der Waals surface area (Å²) in [5.74, 6) is 4.37. The van der Waals surface area contributed by atoms with Gasteiger partial charge in [-0.05, 0) is 18.8 Å². The van der Waals surface area contributed by atoms with E-state index >= 15 is 0 Å². The van der Waals surface area contributed by atoms with E-state index in [9.17, 15) is 0 Å². The van der Waals surface area contributed by atoms with Crippen molar-refractivity contribution in [3.8, 4) is 0 Å². The Labute approximate surface area is 128 Å². The van der Waals surface area contributed by atoms with E-state index in [-0.39, 0.29) is 0 Å². The molecule has 2 fully saturated rings. The van der Waals surface area contributed by atoms with Crippen LogP contribution in [0.1, 0.15) is 53.4 Å². The van der Waals surface area contributed by atoms with E-state index < -0.39 is 0 Å². The van der Waals surface area contributed by atoms with Crippen molar-refractivity contribution in [1.29, 1.82) is 0 Å². The van der Waals surface area contributed by atoms with Gasteiger partial charge in [0.2, 0.25) is 0 Å². The molecule has 0 amide bonds. The standard InChI is InChI=1S/C14H22N2S3/c1-9(2)13-11(7-15-10-3-4-10)19-14(16-13)12-8-17-5-6-18-12/h9-10,12,15H,3-8H2,1-2H3. The Morgan fingerprint density at radius 3 is 2.79 bits per heavy atom. The SMILES string of the molecule is CC(C)c1nc(C2CSCCS2)sc1CNC1CC1. The lowest BCUT2D eigenvalue weighted by atomic mass is 10.1. The summed E-state index contributed by atoms with van der Waals surface area (Å²) in [5, 5.41) is 5.65. The van der Waals surface area contributed by atoms with Crippen molar-refractivity contribution < 1.29 is 0 Å². The second-order valence-electron chi connectivity index (χ2n) is 5.60. The highest BCUT2D eigenvalue weighted by atomic mass is 32.2. The zero-order valence-corrected chi connectivity index (χ0v) is 14.1. The van der Waals surface area contributed by atoms with Crippen LogP contribution < -0.4 is 5.32 Å². The maximum absolute atomic E-state index is 4.98. The molecule has 1 aromatic heterocycles. The molecule has 0 aromatic carbocycles. The van der Waals surface area contributed by atoms with Crippen LogP contribution >= 0.6 is 34.9 Å². The predicted octanol–water partition coefficient (Wildman–Crippen LogP) is 4.04. The third-order valence-electron chi connectivity index (χ3n) is 3.51. The lowest BCUT2D eigenvalue weighted by Gasteiger charge is -2.18. The molecule has 1 aliphatic heterocycles. The summed E-state index contributed by atoms with van der Waals surface area (Å²) in [6.07, 6.45) is 2.72. The van der Waals surface area contributed by atoms with E-state index in [2.05, 4.69) is 42.7 Å². The third-order valence-corrected chi connectivity index (χ3v) is 7.61. The van der Waals surface area contributed by atoms with Gasteiger partial charge in [-0.2, -0.15) is 11.8 Å². The molecule has 1 unspecified atom stereocenters. The minimum absolute atomic E-state index is 0.544. The molecule has 106 valence electrons. The highest BCUT2D eigenvalue weighted by molar-refractivity contribution is 8.06. The van der Waals surface area contributed by atoms with Crippen molar-refractivity contribution in [2.75, 3.05) is 17.3 Å². The first kappa shape index (κ1) is 14.2. The summed E-state index contributed by atoms with van der Waals surface area (Å²) in [4.78, 5) is 6.46. The van der Waals surface area contributed by atoms with Crippen molar-refractivity contribution >= 4 is 34.9 Å². The van der Waals surface area contributed by atoms with Crippen molar-refractivity contribution in [2.24, 2.45) is 0 Å². The molecule has 5 heteroatoms. The van der Waals surface area contributed by atoms with Crippen LogP contribution in [0.4, 0.5) is 0 Å². The van der Waals surface area contributed by atoms with Crippen molar-refractivity contribution in [3.05, 3.63) is 15.6 Å². The molecule has 1 saturated carbocycles. The van der Waals surface area contributed by atoms with Crippen LogP contribution in [0.15, 0.2) is 0 Å². The van der Waals surface area contributed by atoms with Crippen LogP contribution in [0, 0.1) is 0 Å². The third kappa shape index (κ3) is 3.69. The molecule has 2 heterocycles. The Kier molecular flexibility index (Phi) is 4.78. The van der Waals surface area contributed by atoms with Gasteiger partial charge in [-0.3, -0.25) is 0 Å². The Hall–Kier alpha value is 0.290. The molecule has 2 aliphatic rings. The molecule has 3 rings (SSSR count). The van der Waals surface area contributed by atoms with Gasteiger partial charge >= 0.3 is 0 Å². The normalized spacial score (nSPS) is 24.1. The van der Waals surface area contributed by atoms with Gasteiger partial charge in [0.15, 0.2) is 0 Å². The number of aromatic nitrogens is 1. The van der Waals surface area contributed by atoms with Crippen LogP contribution in [0.3, 0.4) is 0 Å². The average Bonchev–Trinajstić information content (AvgIpc) is 3.15. The minimum Gasteiger partial charge on any atom is -0.309 e. The van der Waals surface area contributed by atoms with Crippen molar-refractivity contribution in [3.63, 3.8) is 0 Å². The van der Waals surface area contributed by atoms with Crippen LogP contribution in [0.2, 0.25) is 0 Å². The first-order valence-electron chi connectivity index (χ1n) is 7.16. The number of rotatable bonds is 5. The summed E-state index contributed by atoms with van der Waals surface area (Å²) in [6, 6.07) is 0.783. The smallest absolute Gasteiger partial charge is 0.107 e.